The molecule has 0 amide bonds. The molecule has 2 aromatic rings. The molecular formula is C29H37F6N. The van der Waals surface area contributed by atoms with Crippen molar-refractivity contribution in [2.75, 3.05) is 6.54 Å². The Hall–Kier alpha value is -2.02. The number of benzene rings is 2. The van der Waals surface area contributed by atoms with Gasteiger partial charge in [0.05, 0.1) is 11.8 Å². The van der Waals surface area contributed by atoms with E-state index in [1.807, 2.05) is 18.2 Å². The average molecular weight is 514 g/mol. The molecule has 200 valence electrons. The van der Waals surface area contributed by atoms with Gasteiger partial charge in [0, 0.05) is 24.5 Å². The van der Waals surface area contributed by atoms with Crippen molar-refractivity contribution in [2.45, 2.75) is 89.7 Å². The van der Waals surface area contributed by atoms with Gasteiger partial charge in [0.1, 0.15) is 0 Å². The Morgan fingerprint density at radius 3 is 1.78 bits per heavy atom. The SMILES string of the molecule is CC(C)N(CCc1ccccc1)C(C)CCc1ccc(C2C(C(F)(F)F)CCCC2C(F)(F)F)cc1. The van der Waals surface area contributed by atoms with Crippen molar-refractivity contribution in [1.29, 1.82) is 0 Å². The minimum Gasteiger partial charge on any atom is -0.298 e. The van der Waals surface area contributed by atoms with Crippen molar-refractivity contribution < 1.29 is 26.3 Å². The summed E-state index contributed by atoms with van der Waals surface area (Å²) < 4.78 is 82.0. The molecule has 1 fully saturated rings. The molecule has 0 radical (unpaired) electrons. The van der Waals surface area contributed by atoms with Crippen LogP contribution in [0.1, 0.15) is 69.1 Å². The summed E-state index contributed by atoms with van der Waals surface area (Å²) in [5.41, 5.74) is 2.35. The summed E-state index contributed by atoms with van der Waals surface area (Å²) in [7, 11) is 0. The highest BCUT2D eigenvalue weighted by atomic mass is 19.4. The van der Waals surface area contributed by atoms with E-state index in [4.69, 9.17) is 0 Å². The second-order valence-corrected chi connectivity index (χ2v) is 10.4. The monoisotopic (exact) mass is 513 g/mol. The van der Waals surface area contributed by atoms with Crippen LogP contribution in [-0.2, 0) is 12.8 Å². The summed E-state index contributed by atoms with van der Waals surface area (Å²) in [6, 6.07) is 17.3. The molecule has 36 heavy (non-hydrogen) atoms. The number of halogens is 6. The highest BCUT2D eigenvalue weighted by Gasteiger charge is 2.56. The van der Waals surface area contributed by atoms with Crippen molar-refractivity contribution in [2.24, 2.45) is 11.8 Å². The van der Waals surface area contributed by atoms with Crippen LogP contribution in [0, 0.1) is 11.8 Å². The third-order valence-corrected chi connectivity index (χ3v) is 7.68. The summed E-state index contributed by atoms with van der Waals surface area (Å²) in [6.45, 7) is 7.41. The van der Waals surface area contributed by atoms with Gasteiger partial charge >= 0.3 is 12.4 Å². The minimum atomic E-state index is -4.65. The van der Waals surface area contributed by atoms with E-state index in [0.29, 0.717) is 12.5 Å². The van der Waals surface area contributed by atoms with Crippen LogP contribution >= 0.6 is 0 Å². The lowest BCUT2D eigenvalue weighted by Crippen LogP contribution is -2.42. The first kappa shape index (κ1) is 28.5. The van der Waals surface area contributed by atoms with Gasteiger partial charge in [-0.25, -0.2) is 0 Å². The molecule has 0 spiro atoms. The van der Waals surface area contributed by atoms with Gasteiger partial charge in [-0.1, -0.05) is 61.0 Å². The van der Waals surface area contributed by atoms with E-state index in [1.54, 1.807) is 12.1 Å². The third-order valence-electron chi connectivity index (χ3n) is 7.68. The van der Waals surface area contributed by atoms with E-state index >= 15 is 0 Å². The Balaban J connectivity index is 1.67. The molecule has 0 aromatic heterocycles. The summed E-state index contributed by atoms with van der Waals surface area (Å²) in [5.74, 6) is -5.51. The van der Waals surface area contributed by atoms with E-state index in [-0.39, 0.29) is 30.9 Å². The van der Waals surface area contributed by atoms with Crippen LogP contribution in [0.3, 0.4) is 0 Å². The van der Waals surface area contributed by atoms with Gasteiger partial charge < -0.3 is 0 Å². The third kappa shape index (κ3) is 7.50. The van der Waals surface area contributed by atoms with E-state index in [2.05, 4.69) is 37.8 Å². The van der Waals surface area contributed by atoms with E-state index in [1.165, 1.54) is 17.7 Å². The van der Waals surface area contributed by atoms with Gasteiger partial charge in [-0.2, -0.15) is 26.3 Å². The number of hydrogen-bond donors (Lipinski definition) is 0. The lowest BCUT2D eigenvalue weighted by atomic mass is 9.68. The molecule has 7 heteroatoms. The fourth-order valence-corrected chi connectivity index (χ4v) is 5.73. The van der Waals surface area contributed by atoms with Gasteiger partial charge in [0.2, 0.25) is 0 Å². The standard InChI is InChI=1S/C29H37F6N/c1-20(2)36(19-18-22-8-5-4-6-9-22)21(3)12-13-23-14-16-24(17-15-23)27-25(28(30,31)32)10-7-11-26(27)29(33,34)35/h4-6,8-9,14-17,20-21,25-27H,7,10-13,18-19H2,1-3H3. The van der Waals surface area contributed by atoms with Crippen LogP contribution in [0.15, 0.2) is 54.6 Å². The van der Waals surface area contributed by atoms with E-state index in [9.17, 15) is 26.3 Å². The molecule has 3 atom stereocenters. The van der Waals surface area contributed by atoms with Crippen molar-refractivity contribution in [3.63, 3.8) is 0 Å². The first-order valence-corrected chi connectivity index (χ1v) is 12.9. The molecule has 1 aliphatic carbocycles. The Labute approximate surface area is 210 Å². The number of nitrogens with zero attached hydrogens (tertiary/aromatic N) is 1. The highest BCUT2D eigenvalue weighted by molar-refractivity contribution is 5.28. The Morgan fingerprint density at radius 1 is 0.750 bits per heavy atom. The van der Waals surface area contributed by atoms with Crippen LogP contribution in [0.25, 0.3) is 0 Å². The fourth-order valence-electron chi connectivity index (χ4n) is 5.73. The molecule has 0 N–H and O–H groups in total. The molecule has 0 bridgehead atoms. The van der Waals surface area contributed by atoms with Gasteiger partial charge in [0.25, 0.3) is 0 Å². The topological polar surface area (TPSA) is 3.24 Å². The van der Waals surface area contributed by atoms with Crippen LogP contribution in [0.4, 0.5) is 26.3 Å². The van der Waals surface area contributed by atoms with E-state index < -0.39 is 30.1 Å². The van der Waals surface area contributed by atoms with Gasteiger partial charge in [-0.05, 0) is 69.6 Å². The van der Waals surface area contributed by atoms with Crippen molar-refractivity contribution in [3.8, 4) is 0 Å². The molecule has 0 aliphatic heterocycles. The summed E-state index contributed by atoms with van der Waals surface area (Å²) in [6.07, 6.45) is -7.36. The number of aryl methyl sites for hydroxylation is 1. The zero-order chi connectivity index (χ0) is 26.5. The van der Waals surface area contributed by atoms with Crippen LogP contribution in [-0.4, -0.2) is 35.9 Å². The number of rotatable bonds is 9. The lowest BCUT2D eigenvalue weighted by molar-refractivity contribution is -0.231. The van der Waals surface area contributed by atoms with Crippen molar-refractivity contribution >= 4 is 0 Å². The lowest BCUT2D eigenvalue weighted by Gasteiger charge is -2.40. The normalized spacial score (nSPS) is 22.2. The van der Waals surface area contributed by atoms with Crippen molar-refractivity contribution in [1.82, 2.24) is 4.90 Å². The molecule has 1 nitrogen and oxygen atoms in total. The molecule has 2 aromatic carbocycles. The van der Waals surface area contributed by atoms with Gasteiger partial charge in [0.15, 0.2) is 0 Å². The maximum absolute atomic E-state index is 13.7. The quantitative estimate of drug-likeness (QED) is 0.304. The summed E-state index contributed by atoms with van der Waals surface area (Å²) in [5, 5.41) is 0. The molecule has 0 heterocycles. The maximum Gasteiger partial charge on any atom is 0.392 e. The Bertz CT molecular complexity index is 898. The molecular weight excluding hydrogens is 476 g/mol. The average Bonchev–Trinajstić information content (AvgIpc) is 2.82. The van der Waals surface area contributed by atoms with Gasteiger partial charge in [-0.3, -0.25) is 4.90 Å². The minimum absolute atomic E-state index is 0.0581. The van der Waals surface area contributed by atoms with Crippen LogP contribution in [0.5, 0.6) is 0 Å². The smallest absolute Gasteiger partial charge is 0.298 e. The van der Waals surface area contributed by atoms with Crippen LogP contribution < -0.4 is 0 Å². The fraction of sp³-hybridized carbons (Fsp3) is 0.586. The second-order valence-electron chi connectivity index (χ2n) is 10.4. The zero-order valence-electron chi connectivity index (χ0n) is 21.2. The molecule has 3 rings (SSSR count). The van der Waals surface area contributed by atoms with Crippen molar-refractivity contribution in [3.05, 3.63) is 71.3 Å². The highest BCUT2D eigenvalue weighted by Crippen LogP contribution is 2.53. The first-order chi connectivity index (χ1) is 16.9. The predicted molar refractivity (Wildman–Crippen MR) is 132 cm³/mol. The predicted octanol–water partition coefficient (Wildman–Crippen LogP) is 8.59. The number of hydrogen-bond acceptors (Lipinski definition) is 1. The zero-order valence-corrected chi connectivity index (χ0v) is 21.2. The first-order valence-electron chi connectivity index (χ1n) is 12.9. The summed E-state index contributed by atoms with van der Waals surface area (Å²) in [4.78, 5) is 2.44. The largest absolute Gasteiger partial charge is 0.392 e. The molecule has 3 unspecified atom stereocenters. The molecule has 1 aliphatic rings. The second kappa shape index (κ2) is 12.0. The van der Waals surface area contributed by atoms with Crippen LogP contribution in [0.2, 0.25) is 0 Å². The summed E-state index contributed by atoms with van der Waals surface area (Å²) >= 11 is 0. The molecule has 0 saturated heterocycles. The van der Waals surface area contributed by atoms with Gasteiger partial charge in [-0.15, -0.1) is 0 Å². The van der Waals surface area contributed by atoms with E-state index in [0.717, 1.165) is 24.9 Å². The Kier molecular flexibility index (Phi) is 9.53. The molecule has 1 saturated carbocycles. The number of alkyl halides is 6. The maximum atomic E-state index is 13.7. The Morgan fingerprint density at radius 2 is 1.28 bits per heavy atom.